The molecule has 0 radical (unpaired) electrons. The lowest BCUT2D eigenvalue weighted by atomic mass is 10.1. The quantitative estimate of drug-likeness (QED) is 0.779. The van der Waals surface area contributed by atoms with Crippen molar-refractivity contribution in [3.63, 3.8) is 0 Å². The zero-order chi connectivity index (χ0) is 13.5. The summed E-state index contributed by atoms with van der Waals surface area (Å²) in [6.45, 7) is 1.45. The maximum absolute atomic E-state index is 9.74. The van der Waals surface area contributed by atoms with Crippen LogP contribution in [0.4, 0.5) is 0 Å². The molecule has 2 aromatic rings. The van der Waals surface area contributed by atoms with Gasteiger partial charge in [0.15, 0.2) is 0 Å². The number of nitrogens with zero attached hydrogens (tertiary/aromatic N) is 1. The van der Waals surface area contributed by atoms with Gasteiger partial charge in [-0.15, -0.1) is 0 Å². The Bertz CT molecular complexity index is 515. The van der Waals surface area contributed by atoms with E-state index >= 15 is 0 Å². The summed E-state index contributed by atoms with van der Waals surface area (Å²) >= 11 is 0. The first kappa shape index (κ1) is 13.4. The molecule has 1 aromatic carbocycles. The molecule has 0 aliphatic heterocycles. The van der Waals surface area contributed by atoms with Crippen molar-refractivity contribution in [3.05, 3.63) is 53.9 Å². The molecular formula is C15H18N2O2. The molecule has 0 saturated heterocycles. The van der Waals surface area contributed by atoms with E-state index in [1.54, 1.807) is 25.4 Å². The largest absolute Gasteiger partial charge is 0.508 e. The van der Waals surface area contributed by atoms with Gasteiger partial charge in [-0.3, -0.25) is 4.98 Å². The molecule has 0 amide bonds. The summed E-state index contributed by atoms with van der Waals surface area (Å²) in [6, 6.07) is 9.22. The van der Waals surface area contributed by atoms with Gasteiger partial charge < -0.3 is 15.2 Å². The molecule has 19 heavy (non-hydrogen) atoms. The van der Waals surface area contributed by atoms with Crippen LogP contribution in [-0.2, 0) is 13.0 Å². The molecule has 0 fully saturated rings. The number of hydrogen-bond donors (Lipinski definition) is 2. The highest BCUT2D eigenvalue weighted by Gasteiger charge is 2.02. The van der Waals surface area contributed by atoms with Crippen LogP contribution >= 0.6 is 0 Å². The molecule has 4 nitrogen and oxygen atoms in total. The Labute approximate surface area is 113 Å². The highest BCUT2D eigenvalue weighted by molar-refractivity contribution is 5.39. The fourth-order valence-electron chi connectivity index (χ4n) is 1.83. The van der Waals surface area contributed by atoms with Crippen LogP contribution in [0.25, 0.3) is 0 Å². The van der Waals surface area contributed by atoms with E-state index in [1.165, 1.54) is 5.56 Å². The number of phenolic OH excluding ortho intramolecular Hbond substituents is 1. The number of rotatable bonds is 6. The van der Waals surface area contributed by atoms with Crippen molar-refractivity contribution in [2.45, 2.75) is 13.0 Å². The highest BCUT2D eigenvalue weighted by Crippen LogP contribution is 2.22. The number of phenols is 1. The van der Waals surface area contributed by atoms with E-state index in [-0.39, 0.29) is 5.75 Å². The van der Waals surface area contributed by atoms with Gasteiger partial charge >= 0.3 is 0 Å². The molecule has 0 aliphatic rings. The molecule has 0 spiro atoms. The summed E-state index contributed by atoms with van der Waals surface area (Å²) < 4.78 is 5.14. The predicted octanol–water partition coefficient (Wildman–Crippen LogP) is 2.13. The molecule has 1 aromatic heterocycles. The normalized spacial score (nSPS) is 10.4. The lowest BCUT2D eigenvalue weighted by molar-refractivity contribution is 0.410. The van der Waals surface area contributed by atoms with E-state index in [4.69, 9.17) is 4.74 Å². The SMILES string of the molecule is COc1ccc(O)c(CNCCc2cccnc2)c1. The van der Waals surface area contributed by atoms with E-state index in [9.17, 15) is 5.11 Å². The van der Waals surface area contributed by atoms with Crippen LogP contribution in [0, 0.1) is 0 Å². The van der Waals surface area contributed by atoms with Crippen molar-refractivity contribution >= 4 is 0 Å². The maximum Gasteiger partial charge on any atom is 0.120 e. The number of aromatic hydroxyl groups is 1. The summed E-state index contributed by atoms with van der Waals surface area (Å²) in [6.07, 6.45) is 4.55. The third-order valence-corrected chi connectivity index (χ3v) is 2.92. The van der Waals surface area contributed by atoms with Crippen LogP contribution in [-0.4, -0.2) is 23.7 Å². The molecule has 100 valence electrons. The summed E-state index contributed by atoms with van der Waals surface area (Å²) in [7, 11) is 1.62. The van der Waals surface area contributed by atoms with Crippen molar-refractivity contribution in [3.8, 4) is 11.5 Å². The van der Waals surface area contributed by atoms with Crippen molar-refractivity contribution < 1.29 is 9.84 Å². The number of ether oxygens (including phenoxy) is 1. The number of hydrogen-bond acceptors (Lipinski definition) is 4. The molecule has 1 heterocycles. The van der Waals surface area contributed by atoms with Crippen LogP contribution < -0.4 is 10.1 Å². The van der Waals surface area contributed by atoms with Crippen molar-refractivity contribution in [2.24, 2.45) is 0 Å². The van der Waals surface area contributed by atoms with Crippen LogP contribution in [0.3, 0.4) is 0 Å². The number of aromatic nitrogens is 1. The zero-order valence-electron chi connectivity index (χ0n) is 11.0. The van der Waals surface area contributed by atoms with E-state index in [0.717, 1.165) is 24.3 Å². The summed E-state index contributed by atoms with van der Waals surface area (Å²) in [5.74, 6) is 1.04. The number of nitrogens with one attached hydrogen (secondary N) is 1. The molecule has 0 unspecified atom stereocenters. The molecule has 0 saturated carbocycles. The Morgan fingerprint density at radius 3 is 2.95 bits per heavy atom. The van der Waals surface area contributed by atoms with Gasteiger partial charge in [0.1, 0.15) is 11.5 Å². The Morgan fingerprint density at radius 2 is 2.21 bits per heavy atom. The Balaban J connectivity index is 1.82. The lowest BCUT2D eigenvalue weighted by Crippen LogP contribution is -2.16. The molecule has 0 aliphatic carbocycles. The fourth-order valence-corrected chi connectivity index (χ4v) is 1.83. The van der Waals surface area contributed by atoms with Gasteiger partial charge in [-0.25, -0.2) is 0 Å². The summed E-state index contributed by atoms with van der Waals surface area (Å²) in [5.41, 5.74) is 2.04. The second-order valence-corrected chi connectivity index (χ2v) is 4.28. The summed E-state index contributed by atoms with van der Waals surface area (Å²) in [4.78, 5) is 4.07. The molecule has 2 N–H and O–H groups in total. The van der Waals surface area contributed by atoms with E-state index < -0.39 is 0 Å². The number of pyridine rings is 1. The van der Waals surface area contributed by atoms with Gasteiger partial charge in [0.2, 0.25) is 0 Å². The summed E-state index contributed by atoms with van der Waals surface area (Å²) in [5, 5.41) is 13.0. The average Bonchev–Trinajstić information content (AvgIpc) is 2.46. The minimum Gasteiger partial charge on any atom is -0.508 e. The lowest BCUT2D eigenvalue weighted by Gasteiger charge is -2.08. The Morgan fingerprint density at radius 1 is 1.32 bits per heavy atom. The number of methoxy groups -OCH3 is 1. The first-order valence-corrected chi connectivity index (χ1v) is 6.25. The van der Waals surface area contributed by atoms with Gasteiger partial charge in [-0.05, 0) is 42.8 Å². The third-order valence-electron chi connectivity index (χ3n) is 2.92. The van der Waals surface area contributed by atoms with Crippen LogP contribution in [0.2, 0.25) is 0 Å². The van der Waals surface area contributed by atoms with Crippen molar-refractivity contribution in [1.82, 2.24) is 10.3 Å². The van der Waals surface area contributed by atoms with E-state index in [1.807, 2.05) is 18.3 Å². The average molecular weight is 258 g/mol. The molecule has 2 rings (SSSR count). The topological polar surface area (TPSA) is 54.4 Å². The van der Waals surface area contributed by atoms with Gasteiger partial charge in [-0.2, -0.15) is 0 Å². The predicted molar refractivity (Wildman–Crippen MR) is 74.3 cm³/mol. The van der Waals surface area contributed by atoms with Crippen LogP contribution in [0.15, 0.2) is 42.7 Å². The molecule has 0 bridgehead atoms. The second kappa shape index (κ2) is 6.75. The third kappa shape index (κ3) is 3.96. The Hall–Kier alpha value is -2.07. The van der Waals surface area contributed by atoms with Crippen molar-refractivity contribution in [2.75, 3.05) is 13.7 Å². The monoisotopic (exact) mass is 258 g/mol. The van der Waals surface area contributed by atoms with Gasteiger partial charge in [0, 0.05) is 24.5 Å². The number of benzene rings is 1. The van der Waals surface area contributed by atoms with Crippen LogP contribution in [0.5, 0.6) is 11.5 Å². The fraction of sp³-hybridized carbons (Fsp3) is 0.267. The molecular weight excluding hydrogens is 240 g/mol. The van der Waals surface area contributed by atoms with Gasteiger partial charge in [-0.1, -0.05) is 6.07 Å². The first-order valence-electron chi connectivity index (χ1n) is 6.25. The Kier molecular flexibility index (Phi) is 4.75. The highest BCUT2D eigenvalue weighted by atomic mass is 16.5. The van der Waals surface area contributed by atoms with E-state index in [2.05, 4.69) is 16.4 Å². The first-order chi connectivity index (χ1) is 9.29. The van der Waals surface area contributed by atoms with Gasteiger partial charge in [0.05, 0.1) is 7.11 Å². The smallest absolute Gasteiger partial charge is 0.120 e. The minimum atomic E-state index is 0.287. The van der Waals surface area contributed by atoms with E-state index in [0.29, 0.717) is 6.54 Å². The second-order valence-electron chi connectivity index (χ2n) is 4.28. The zero-order valence-corrected chi connectivity index (χ0v) is 11.0. The van der Waals surface area contributed by atoms with Gasteiger partial charge in [0.25, 0.3) is 0 Å². The van der Waals surface area contributed by atoms with Crippen LogP contribution in [0.1, 0.15) is 11.1 Å². The molecule has 4 heteroatoms. The standard InChI is InChI=1S/C15H18N2O2/c1-19-14-4-5-15(18)13(9-14)11-17-8-6-12-3-2-7-16-10-12/h2-5,7,9-10,17-18H,6,8,11H2,1H3. The maximum atomic E-state index is 9.74. The minimum absolute atomic E-state index is 0.287. The molecule has 0 atom stereocenters. The van der Waals surface area contributed by atoms with Crippen molar-refractivity contribution in [1.29, 1.82) is 0 Å².